The van der Waals surface area contributed by atoms with Crippen molar-refractivity contribution in [3.8, 4) is 5.75 Å². The summed E-state index contributed by atoms with van der Waals surface area (Å²) in [6.07, 6.45) is 0.0296. The first-order valence-electron chi connectivity index (χ1n) is 7.54. The molecule has 0 spiro atoms. The molecule has 0 aliphatic heterocycles. The minimum absolute atomic E-state index is 0.0296. The van der Waals surface area contributed by atoms with Gasteiger partial charge in [0.15, 0.2) is 0 Å². The molecule has 0 aliphatic carbocycles. The van der Waals surface area contributed by atoms with Crippen LogP contribution in [0.2, 0.25) is 5.02 Å². The van der Waals surface area contributed by atoms with Crippen LogP contribution in [0, 0.1) is 6.92 Å². The fourth-order valence-corrected chi connectivity index (χ4v) is 2.21. The fourth-order valence-electron chi connectivity index (χ4n) is 2.03. The molecule has 0 radical (unpaired) electrons. The number of nitrogens with one attached hydrogen (secondary N) is 2. The van der Waals surface area contributed by atoms with Gasteiger partial charge < -0.3 is 10.4 Å². The molecule has 0 aliphatic rings. The number of nitrogens with zero attached hydrogens (tertiary/aromatic N) is 1. The highest BCUT2D eigenvalue weighted by Gasteiger charge is 2.09. The number of phenolic OH excluding ortho intramolecular Hbond substituents is 1. The molecule has 2 rings (SSSR count). The number of rotatable bonds is 5. The van der Waals surface area contributed by atoms with Crippen molar-refractivity contribution in [1.29, 1.82) is 0 Å². The number of carbonyl (C=O) groups excluding carboxylic acids is 2. The molecule has 2 aromatic rings. The van der Waals surface area contributed by atoms with Crippen LogP contribution in [0.25, 0.3) is 0 Å². The predicted molar refractivity (Wildman–Crippen MR) is 98.1 cm³/mol. The number of hydrogen-bond donors (Lipinski definition) is 3. The van der Waals surface area contributed by atoms with Gasteiger partial charge in [0.2, 0.25) is 5.91 Å². The van der Waals surface area contributed by atoms with Gasteiger partial charge in [-0.3, -0.25) is 9.59 Å². The fraction of sp³-hybridized carbons (Fsp3) is 0.167. The minimum atomic E-state index is -0.426. The van der Waals surface area contributed by atoms with Crippen molar-refractivity contribution < 1.29 is 14.7 Å². The Morgan fingerprint density at radius 2 is 1.84 bits per heavy atom. The van der Waals surface area contributed by atoms with Crippen LogP contribution in [0.1, 0.15) is 29.3 Å². The first-order valence-corrected chi connectivity index (χ1v) is 7.92. The number of benzene rings is 2. The number of halogens is 1. The molecule has 0 bridgehead atoms. The van der Waals surface area contributed by atoms with Crippen LogP contribution in [0.5, 0.6) is 5.75 Å². The average Bonchev–Trinajstić information content (AvgIpc) is 2.57. The molecular weight excluding hydrogens is 342 g/mol. The largest absolute Gasteiger partial charge is 0.508 e. The van der Waals surface area contributed by atoms with Crippen molar-refractivity contribution in [2.75, 3.05) is 5.32 Å². The molecule has 0 unspecified atom stereocenters. The molecule has 0 saturated carbocycles. The summed E-state index contributed by atoms with van der Waals surface area (Å²) in [4.78, 5) is 24.0. The lowest BCUT2D eigenvalue weighted by molar-refractivity contribution is -0.115. The highest BCUT2D eigenvalue weighted by Crippen LogP contribution is 2.22. The number of carbonyl (C=O) groups is 2. The molecule has 130 valence electrons. The van der Waals surface area contributed by atoms with E-state index in [0.29, 0.717) is 22.0 Å². The van der Waals surface area contributed by atoms with Gasteiger partial charge in [0, 0.05) is 22.0 Å². The second-order valence-electron chi connectivity index (χ2n) is 5.47. The second kappa shape index (κ2) is 8.30. The summed E-state index contributed by atoms with van der Waals surface area (Å²) in [5.74, 6) is -0.611. The van der Waals surface area contributed by atoms with Gasteiger partial charge in [0.05, 0.1) is 6.42 Å². The molecule has 0 saturated heterocycles. The zero-order valence-corrected chi connectivity index (χ0v) is 14.6. The summed E-state index contributed by atoms with van der Waals surface area (Å²) in [5.41, 5.74) is 4.60. The van der Waals surface area contributed by atoms with E-state index in [0.717, 1.165) is 5.56 Å². The molecule has 3 N–H and O–H groups in total. The zero-order valence-electron chi connectivity index (χ0n) is 13.8. The van der Waals surface area contributed by atoms with E-state index in [-0.39, 0.29) is 18.1 Å². The first-order chi connectivity index (χ1) is 11.9. The highest BCUT2D eigenvalue weighted by atomic mass is 35.5. The van der Waals surface area contributed by atoms with Crippen molar-refractivity contribution in [2.24, 2.45) is 5.10 Å². The topological polar surface area (TPSA) is 90.8 Å². The number of hydrogen-bond acceptors (Lipinski definition) is 4. The lowest BCUT2D eigenvalue weighted by Crippen LogP contribution is -2.21. The summed E-state index contributed by atoms with van der Waals surface area (Å²) in [5, 5.41) is 16.4. The van der Waals surface area contributed by atoms with E-state index in [4.69, 9.17) is 11.6 Å². The number of phenols is 1. The van der Waals surface area contributed by atoms with Crippen molar-refractivity contribution in [3.63, 3.8) is 0 Å². The zero-order chi connectivity index (χ0) is 18.4. The summed E-state index contributed by atoms with van der Waals surface area (Å²) in [6, 6.07) is 11.0. The molecule has 25 heavy (non-hydrogen) atoms. The molecule has 6 nitrogen and oxygen atoms in total. The summed E-state index contributed by atoms with van der Waals surface area (Å²) in [7, 11) is 0. The highest BCUT2D eigenvalue weighted by molar-refractivity contribution is 6.31. The molecule has 0 fully saturated rings. The number of amides is 2. The van der Waals surface area contributed by atoms with E-state index in [2.05, 4.69) is 15.8 Å². The van der Waals surface area contributed by atoms with Gasteiger partial charge in [-0.2, -0.15) is 5.10 Å². The normalized spacial score (nSPS) is 11.1. The summed E-state index contributed by atoms with van der Waals surface area (Å²) >= 11 is 6.02. The van der Waals surface area contributed by atoms with Gasteiger partial charge in [0.1, 0.15) is 5.75 Å². The molecular formula is C18H18ClN3O3. The van der Waals surface area contributed by atoms with Gasteiger partial charge in [-0.25, -0.2) is 5.43 Å². The van der Waals surface area contributed by atoms with E-state index in [9.17, 15) is 14.7 Å². The van der Waals surface area contributed by atoms with Crippen LogP contribution in [0.15, 0.2) is 47.6 Å². The number of anilines is 1. The molecule has 2 aromatic carbocycles. The third kappa shape index (κ3) is 5.32. The Bertz CT molecular complexity index is 817. The van der Waals surface area contributed by atoms with Gasteiger partial charge in [0.25, 0.3) is 5.91 Å². The van der Waals surface area contributed by atoms with Gasteiger partial charge >= 0.3 is 0 Å². The smallest absolute Gasteiger partial charge is 0.271 e. The van der Waals surface area contributed by atoms with Gasteiger partial charge in [-0.1, -0.05) is 17.7 Å². The van der Waals surface area contributed by atoms with Crippen LogP contribution in [-0.4, -0.2) is 22.6 Å². The standard InChI is InChI=1S/C18H18ClN3O3/c1-11(21-22-18(25)13-6-8-14(23)9-7-13)10-17(24)20-16-5-3-4-15(19)12(16)2/h3-9,23H,10H2,1-2H3,(H,20,24)(H,22,25)/b21-11+. The first kappa shape index (κ1) is 18.5. The van der Waals surface area contributed by atoms with Crippen LogP contribution in [0.4, 0.5) is 5.69 Å². The Kier molecular flexibility index (Phi) is 6.14. The minimum Gasteiger partial charge on any atom is -0.508 e. The summed E-state index contributed by atoms with van der Waals surface area (Å²) in [6.45, 7) is 3.46. The van der Waals surface area contributed by atoms with Crippen LogP contribution < -0.4 is 10.7 Å². The Hall–Kier alpha value is -2.86. The van der Waals surface area contributed by atoms with E-state index in [1.807, 2.05) is 6.92 Å². The monoisotopic (exact) mass is 359 g/mol. The maximum atomic E-state index is 12.1. The predicted octanol–water partition coefficient (Wildman–Crippen LogP) is 3.49. The van der Waals surface area contributed by atoms with Crippen molar-refractivity contribution in [2.45, 2.75) is 20.3 Å². The van der Waals surface area contributed by atoms with Crippen LogP contribution in [-0.2, 0) is 4.79 Å². The van der Waals surface area contributed by atoms with Crippen molar-refractivity contribution in [3.05, 3.63) is 58.6 Å². The number of hydrazone groups is 1. The molecule has 7 heteroatoms. The lowest BCUT2D eigenvalue weighted by Gasteiger charge is -2.09. The number of aromatic hydroxyl groups is 1. The van der Waals surface area contributed by atoms with E-state index >= 15 is 0 Å². The quantitative estimate of drug-likeness (QED) is 0.563. The van der Waals surface area contributed by atoms with Crippen molar-refractivity contribution in [1.82, 2.24) is 5.43 Å². The molecule has 0 aromatic heterocycles. The molecule has 0 atom stereocenters. The summed E-state index contributed by atoms with van der Waals surface area (Å²) < 4.78 is 0. The third-order valence-electron chi connectivity index (χ3n) is 3.44. The third-order valence-corrected chi connectivity index (χ3v) is 3.85. The maximum Gasteiger partial charge on any atom is 0.271 e. The SMILES string of the molecule is C/C(CC(=O)Nc1cccc(Cl)c1C)=N\NC(=O)c1ccc(O)cc1. The second-order valence-corrected chi connectivity index (χ2v) is 5.88. The Morgan fingerprint density at radius 3 is 2.52 bits per heavy atom. The molecule has 2 amide bonds. The Labute approximate surface area is 150 Å². The van der Waals surface area contributed by atoms with Crippen LogP contribution >= 0.6 is 11.6 Å². The molecule has 0 heterocycles. The van der Waals surface area contributed by atoms with E-state index in [1.54, 1.807) is 25.1 Å². The average molecular weight is 360 g/mol. The van der Waals surface area contributed by atoms with Gasteiger partial charge in [-0.15, -0.1) is 0 Å². The Balaban J connectivity index is 1.92. The van der Waals surface area contributed by atoms with Gasteiger partial charge in [-0.05, 0) is 55.8 Å². The van der Waals surface area contributed by atoms with E-state index < -0.39 is 5.91 Å². The van der Waals surface area contributed by atoms with E-state index in [1.165, 1.54) is 24.3 Å². The maximum absolute atomic E-state index is 12.1. The van der Waals surface area contributed by atoms with Crippen molar-refractivity contribution >= 4 is 34.8 Å². The van der Waals surface area contributed by atoms with Crippen LogP contribution in [0.3, 0.4) is 0 Å². The lowest BCUT2D eigenvalue weighted by atomic mass is 10.2. The Morgan fingerprint density at radius 1 is 1.16 bits per heavy atom.